The first-order valence-corrected chi connectivity index (χ1v) is 8.49. The van der Waals surface area contributed by atoms with Crippen LogP contribution in [0.4, 0.5) is 13.2 Å². The number of carbonyl (C=O) groups excluding carboxylic acids is 1. The van der Waals surface area contributed by atoms with E-state index < -0.39 is 12.1 Å². The van der Waals surface area contributed by atoms with Crippen LogP contribution in [-0.2, 0) is 16.0 Å². The summed E-state index contributed by atoms with van der Waals surface area (Å²) in [5, 5.41) is 10.2. The Morgan fingerprint density at radius 2 is 1.54 bits per heavy atom. The molecule has 5 nitrogen and oxygen atoms in total. The maximum absolute atomic E-state index is 12.4. The fraction of sp³-hybridized carbons (Fsp3) is 0.300. The minimum atomic E-state index is -5.08. The standard InChI is InChI=1S/C18H21NO2.C2HF3O2/c1-19-13-12-16(14-15-8-4-2-5-9-15)18(20)21-17-10-6-3-7-11-17;3-2(4,5)1(6)7/h2-11,16,19H,12-14H2,1H3;(H,6,7). The monoisotopic (exact) mass is 397 g/mol. The van der Waals surface area contributed by atoms with Gasteiger partial charge in [-0.2, -0.15) is 13.2 Å². The van der Waals surface area contributed by atoms with Gasteiger partial charge in [0.2, 0.25) is 0 Å². The van der Waals surface area contributed by atoms with Gasteiger partial charge in [-0.15, -0.1) is 0 Å². The summed E-state index contributed by atoms with van der Waals surface area (Å²) in [4.78, 5) is 21.3. The van der Waals surface area contributed by atoms with Crippen molar-refractivity contribution in [3.8, 4) is 5.75 Å². The average Bonchev–Trinajstić information content (AvgIpc) is 2.66. The predicted octanol–water partition coefficient (Wildman–Crippen LogP) is 3.69. The summed E-state index contributed by atoms with van der Waals surface area (Å²) in [5.41, 5.74) is 1.16. The lowest BCUT2D eigenvalue weighted by atomic mass is 9.96. The zero-order chi connectivity index (χ0) is 21.0. The highest BCUT2D eigenvalue weighted by Crippen LogP contribution is 2.17. The molecule has 1 unspecified atom stereocenters. The van der Waals surface area contributed by atoms with E-state index in [1.165, 1.54) is 0 Å². The molecule has 0 bridgehead atoms. The smallest absolute Gasteiger partial charge is 0.475 e. The summed E-state index contributed by atoms with van der Waals surface area (Å²) in [6.07, 6.45) is -3.62. The van der Waals surface area contributed by atoms with Crippen molar-refractivity contribution in [3.63, 3.8) is 0 Å². The first-order chi connectivity index (χ1) is 13.2. The van der Waals surface area contributed by atoms with Gasteiger partial charge < -0.3 is 15.2 Å². The number of alkyl halides is 3. The van der Waals surface area contributed by atoms with Crippen LogP contribution in [0.3, 0.4) is 0 Å². The van der Waals surface area contributed by atoms with Gasteiger partial charge in [0.15, 0.2) is 0 Å². The van der Waals surface area contributed by atoms with Crippen LogP contribution in [-0.4, -0.2) is 36.8 Å². The van der Waals surface area contributed by atoms with Crippen LogP contribution < -0.4 is 10.1 Å². The normalized spacial score (nSPS) is 11.7. The number of halogens is 3. The van der Waals surface area contributed by atoms with Gasteiger partial charge in [0.1, 0.15) is 5.75 Å². The minimum absolute atomic E-state index is 0.139. The molecule has 152 valence electrons. The molecule has 8 heteroatoms. The number of carboxylic acids is 1. The number of carboxylic acid groups (broad SMARTS) is 1. The van der Waals surface area contributed by atoms with E-state index in [-0.39, 0.29) is 11.9 Å². The molecule has 0 heterocycles. The number of esters is 1. The van der Waals surface area contributed by atoms with Crippen molar-refractivity contribution >= 4 is 11.9 Å². The first kappa shape index (κ1) is 23.2. The maximum atomic E-state index is 12.4. The van der Waals surface area contributed by atoms with Gasteiger partial charge in [-0.3, -0.25) is 4.79 Å². The van der Waals surface area contributed by atoms with Crippen LogP contribution in [0.1, 0.15) is 12.0 Å². The lowest BCUT2D eigenvalue weighted by molar-refractivity contribution is -0.192. The van der Waals surface area contributed by atoms with Gasteiger partial charge in [-0.05, 0) is 44.1 Å². The third-order valence-corrected chi connectivity index (χ3v) is 3.61. The van der Waals surface area contributed by atoms with Crippen LogP contribution in [0.5, 0.6) is 5.75 Å². The van der Waals surface area contributed by atoms with E-state index in [2.05, 4.69) is 5.32 Å². The Labute approximate surface area is 161 Å². The van der Waals surface area contributed by atoms with Crippen molar-refractivity contribution in [1.29, 1.82) is 0 Å². The highest BCUT2D eigenvalue weighted by molar-refractivity contribution is 5.75. The molecule has 0 aromatic heterocycles. The van der Waals surface area contributed by atoms with Gasteiger partial charge in [0.25, 0.3) is 0 Å². The number of benzene rings is 2. The molecule has 2 rings (SSSR count). The fourth-order valence-corrected chi connectivity index (χ4v) is 2.21. The van der Waals surface area contributed by atoms with E-state index in [0.29, 0.717) is 12.2 Å². The third-order valence-electron chi connectivity index (χ3n) is 3.61. The highest BCUT2D eigenvalue weighted by atomic mass is 19.4. The molecule has 0 radical (unpaired) electrons. The van der Waals surface area contributed by atoms with Gasteiger partial charge in [0, 0.05) is 0 Å². The number of nitrogens with one attached hydrogen (secondary N) is 1. The van der Waals surface area contributed by atoms with Crippen LogP contribution >= 0.6 is 0 Å². The summed E-state index contributed by atoms with van der Waals surface area (Å²) in [6, 6.07) is 19.3. The van der Waals surface area contributed by atoms with Crippen LogP contribution in [0.2, 0.25) is 0 Å². The van der Waals surface area contributed by atoms with E-state index in [1.54, 1.807) is 12.1 Å². The van der Waals surface area contributed by atoms with E-state index in [9.17, 15) is 18.0 Å². The number of hydrogen-bond acceptors (Lipinski definition) is 4. The molecule has 0 saturated carbocycles. The Morgan fingerprint density at radius 3 is 2.00 bits per heavy atom. The molecule has 0 aliphatic carbocycles. The maximum Gasteiger partial charge on any atom is 0.490 e. The van der Waals surface area contributed by atoms with E-state index in [0.717, 1.165) is 18.5 Å². The van der Waals surface area contributed by atoms with E-state index >= 15 is 0 Å². The van der Waals surface area contributed by atoms with Gasteiger partial charge in [0.05, 0.1) is 5.92 Å². The Balaban J connectivity index is 0.000000480. The molecule has 2 aromatic carbocycles. The number of hydrogen-bond donors (Lipinski definition) is 2. The van der Waals surface area contributed by atoms with Crippen LogP contribution in [0.15, 0.2) is 60.7 Å². The molecule has 2 N–H and O–H groups in total. The Hall–Kier alpha value is -2.87. The lowest BCUT2D eigenvalue weighted by Gasteiger charge is -2.16. The van der Waals surface area contributed by atoms with Crippen molar-refractivity contribution in [3.05, 3.63) is 66.2 Å². The number of carbonyl (C=O) groups is 2. The zero-order valence-electron chi connectivity index (χ0n) is 15.3. The molecule has 0 fully saturated rings. The molecule has 2 aromatic rings. The van der Waals surface area contributed by atoms with Crippen molar-refractivity contribution in [2.45, 2.75) is 19.0 Å². The van der Waals surface area contributed by atoms with Crippen LogP contribution in [0, 0.1) is 5.92 Å². The predicted molar refractivity (Wildman–Crippen MR) is 97.9 cm³/mol. The molecule has 28 heavy (non-hydrogen) atoms. The molecule has 0 aliphatic heterocycles. The molecule has 0 spiro atoms. The molecular weight excluding hydrogens is 375 g/mol. The van der Waals surface area contributed by atoms with E-state index in [1.807, 2.05) is 55.6 Å². The first-order valence-electron chi connectivity index (χ1n) is 8.49. The Bertz CT molecular complexity index is 721. The largest absolute Gasteiger partial charge is 0.490 e. The van der Waals surface area contributed by atoms with Gasteiger partial charge in [-0.1, -0.05) is 48.5 Å². The second-order valence-electron chi connectivity index (χ2n) is 5.82. The molecule has 1 atom stereocenters. The zero-order valence-corrected chi connectivity index (χ0v) is 15.3. The second-order valence-corrected chi connectivity index (χ2v) is 5.82. The third kappa shape index (κ3) is 9.18. The topological polar surface area (TPSA) is 75.6 Å². The lowest BCUT2D eigenvalue weighted by Crippen LogP contribution is -2.26. The molecular formula is C20H22F3NO4. The van der Waals surface area contributed by atoms with Gasteiger partial charge in [-0.25, -0.2) is 4.79 Å². The fourth-order valence-electron chi connectivity index (χ4n) is 2.21. The van der Waals surface area contributed by atoms with Gasteiger partial charge >= 0.3 is 18.1 Å². The minimum Gasteiger partial charge on any atom is -0.475 e. The number of aliphatic carboxylic acids is 1. The number of para-hydroxylation sites is 1. The number of rotatable bonds is 7. The Morgan fingerprint density at radius 1 is 1.04 bits per heavy atom. The van der Waals surface area contributed by atoms with Crippen molar-refractivity contribution in [2.75, 3.05) is 13.6 Å². The summed E-state index contributed by atoms with van der Waals surface area (Å²) in [7, 11) is 1.89. The number of ether oxygens (including phenoxy) is 1. The Kier molecular flexibility index (Phi) is 9.73. The van der Waals surface area contributed by atoms with Crippen molar-refractivity contribution < 1.29 is 32.6 Å². The van der Waals surface area contributed by atoms with Crippen molar-refractivity contribution in [2.24, 2.45) is 5.92 Å². The summed E-state index contributed by atoms with van der Waals surface area (Å²) >= 11 is 0. The summed E-state index contributed by atoms with van der Waals surface area (Å²) in [5.74, 6) is -2.46. The average molecular weight is 397 g/mol. The summed E-state index contributed by atoms with van der Waals surface area (Å²) in [6.45, 7) is 0.793. The molecule has 0 amide bonds. The van der Waals surface area contributed by atoms with E-state index in [4.69, 9.17) is 14.6 Å². The highest BCUT2D eigenvalue weighted by Gasteiger charge is 2.38. The molecule has 0 saturated heterocycles. The SMILES string of the molecule is CNCCC(Cc1ccccc1)C(=O)Oc1ccccc1.O=C(O)C(F)(F)F. The van der Waals surface area contributed by atoms with Crippen LogP contribution in [0.25, 0.3) is 0 Å². The van der Waals surface area contributed by atoms with Crippen molar-refractivity contribution in [1.82, 2.24) is 5.32 Å². The quantitative estimate of drug-likeness (QED) is 0.551. The molecule has 0 aliphatic rings. The summed E-state index contributed by atoms with van der Waals surface area (Å²) < 4.78 is 37.2. The second kappa shape index (κ2) is 11.8.